The molecule has 0 radical (unpaired) electrons. The zero-order valence-corrected chi connectivity index (χ0v) is 10.6. The quantitative estimate of drug-likeness (QED) is 0.499. The molecule has 0 heterocycles. The summed E-state index contributed by atoms with van der Waals surface area (Å²) >= 11 is 0. The Morgan fingerprint density at radius 3 is 2.47 bits per heavy atom. The predicted octanol–water partition coefficient (Wildman–Crippen LogP) is 3.48. The number of hydrogen-bond donors (Lipinski definition) is 2. The van der Waals surface area contributed by atoms with Gasteiger partial charge in [-0.15, -0.1) is 0 Å². The molecule has 0 unspecified atom stereocenters. The van der Waals surface area contributed by atoms with Gasteiger partial charge in [-0.3, -0.25) is 10.1 Å². The molecule has 2 aromatic carbocycles. The summed E-state index contributed by atoms with van der Waals surface area (Å²) in [5, 5.41) is 14.0. The Bertz CT molecular complexity index is 594. The molecule has 0 fully saturated rings. The maximum atomic E-state index is 11.0. The molecule has 0 atom stereocenters. The first-order valence-electron chi connectivity index (χ1n) is 6.00. The molecule has 0 aliphatic carbocycles. The van der Waals surface area contributed by atoms with Crippen molar-refractivity contribution in [1.82, 2.24) is 0 Å². The highest BCUT2D eigenvalue weighted by Crippen LogP contribution is 2.32. The minimum absolute atomic E-state index is 0.0953. The number of anilines is 3. The molecule has 0 amide bonds. The highest BCUT2D eigenvalue weighted by Gasteiger charge is 2.17. The van der Waals surface area contributed by atoms with Crippen molar-refractivity contribution in [3.8, 4) is 0 Å². The first-order valence-corrected chi connectivity index (χ1v) is 6.00. The van der Waals surface area contributed by atoms with Crippen LogP contribution < -0.4 is 11.1 Å². The summed E-state index contributed by atoms with van der Waals surface area (Å²) < 4.78 is 0. The second-order valence-electron chi connectivity index (χ2n) is 4.18. The van der Waals surface area contributed by atoms with E-state index < -0.39 is 4.92 Å². The van der Waals surface area contributed by atoms with Gasteiger partial charge in [-0.2, -0.15) is 0 Å². The number of nitrogens with one attached hydrogen (secondary N) is 1. The van der Waals surface area contributed by atoms with Crippen molar-refractivity contribution in [1.29, 1.82) is 0 Å². The summed E-state index contributed by atoms with van der Waals surface area (Å²) in [7, 11) is 0. The van der Waals surface area contributed by atoms with Gasteiger partial charge in [0.1, 0.15) is 11.4 Å². The van der Waals surface area contributed by atoms with Crippen molar-refractivity contribution in [3.05, 3.63) is 58.1 Å². The summed E-state index contributed by atoms with van der Waals surface area (Å²) in [5.74, 6) is 0. The van der Waals surface area contributed by atoms with Gasteiger partial charge in [-0.05, 0) is 36.2 Å². The zero-order valence-electron chi connectivity index (χ0n) is 10.6. The van der Waals surface area contributed by atoms with Gasteiger partial charge < -0.3 is 11.1 Å². The number of aryl methyl sites for hydroxylation is 1. The van der Waals surface area contributed by atoms with Gasteiger partial charge in [0, 0.05) is 5.69 Å². The lowest BCUT2D eigenvalue weighted by atomic mass is 10.1. The van der Waals surface area contributed by atoms with Crippen molar-refractivity contribution in [2.45, 2.75) is 13.3 Å². The number of nitro groups is 1. The van der Waals surface area contributed by atoms with Crippen molar-refractivity contribution < 1.29 is 4.92 Å². The number of nitrogens with two attached hydrogens (primary N) is 1. The van der Waals surface area contributed by atoms with E-state index in [0.29, 0.717) is 5.69 Å². The zero-order chi connectivity index (χ0) is 13.8. The maximum Gasteiger partial charge on any atom is 0.315 e. The van der Waals surface area contributed by atoms with Crippen molar-refractivity contribution in [2.75, 3.05) is 11.1 Å². The molecule has 0 saturated carbocycles. The highest BCUT2D eigenvalue weighted by molar-refractivity contribution is 5.78. The number of rotatable bonds is 4. The molecule has 0 aliphatic heterocycles. The van der Waals surface area contributed by atoms with Crippen molar-refractivity contribution >= 4 is 22.7 Å². The SMILES string of the molecule is CCc1ccc(Nc2cccc(N)c2[N+](=O)[O-])cc1. The Morgan fingerprint density at radius 2 is 1.89 bits per heavy atom. The second kappa shape index (κ2) is 5.39. The number of nitrogen functional groups attached to an aromatic ring is 1. The molecule has 2 rings (SSSR count). The summed E-state index contributed by atoms with van der Waals surface area (Å²) in [6.07, 6.45) is 0.957. The fraction of sp³-hybridized carbons (Fsp3) is 0.143. The van der Waals surface area contributed by atoms with Gasteiger partial charge in [0.2, 0.25) is 0 Å². The average Bonchev–Trinajstić information content (AvgIpc) is 2.39. The second-order valence-corrected chi connectivity index (χ2v) is 4.18. The van der Waals surface area contributed by atoms with E-state index in [9.17, 15) is 10.1 Å². The molecular weight excluding hydrogens is 242 g/mol. The Hall–Kier alpha value is -2.56. The molecule has 5 nitrogen and oxygen atoms in total. The average molecular weight is 257 g/mol. The fourth-order valence-corrected chi connectivity index (χ4v) is 1.85. The van der Waals surface area contributed by atoms with Crippen LogP contribution in [0.15, 0.2) is 42.5 Å². The molecule has 5 heteroatoms. The third kappa shape index (κ3) is 2.82. The minimum Gasteiger partial charge on any atom is -0.393 e. The lowest BCUT2D eigenvalue weighted by Gasteiger charge is -2.08. The summed E-state index contributed by atoms with van der Waals surface area (Å²) in [6, 6.07) is 12.6. The lowest BCUT2D eigenvalue weighted by molar-refractivity contribution is -0.383. The van der Waals surface area contributed by atoms with Crippen LogP contribution in [-0.4, -0.2) is 4.92 Å². The Morgan fingerprint density at radius 1 is 1.21 bits per heavy atom. The Kier molecular flexibility index (Phi) is 3.66. The summed E-state index contributed by atoms with van der Waals surface area (Å²) in [4.78, 5) is 10.5. The molecule has 0 saturated heterocycles. The van der Waals surface area contributed by atoms with Gasteiger partial charge in [0.15, 0.2) is 0 Å². The molecular formula is C14H15N3O2. The van der Waals surface area contributed by atoms with Crippen LogP contribution in [0.3, 0.4) is 0 Å². The van der Waals surface area contributed by atoms with Crippen LogP contribution in [0.4, 0.5) is 22.7 Å². The Labute approximate surface area is 111 Å². The van der Waals surface area contributed by atoms with Crippen LogP contribution in [0.2, 0.25) is 0 Å². The predicted molar refractivity (Wildman–Crippen MR) is 76.6 cm³/mol. The standard InChI is InChI=1S/C14H15N3O2/c1-2-10-6-8-11(9-7-10)16-13-5-3-4-12(15)14(13)17(18)19/h3-9,16H,2,15H2,1H3. The van der Waals surface area contributed by atoms with Gasteiger partial charge in [-0.25, -0.2) is 0 Å². The van der Waals surface area contributed by atoms with Crippen molar-refractivity contribution in [3.63, 3.8) is 0 Å². The molecule has 0 aliphatic rings. The molecule has 0 aromatic heterocycles. The van der Waals surface area contributed by atoms with E-state index in [1.54, 1.807) is 12.1 Å². The molecule has 0 bridgehead atoms. The molecule has 0 spiro atoms. The van der Waals surface area contributed by atoms with E-state index in [2.05, 4.69) is 12.2 Å². The van der Waals surface area contributed by atoms with Crippen LogP contribution in [0, 0.1) is 10.1 Å². The van der Waals surface area contributed by atoms with E-state index in [0.717, 1.165) is 12.1 Å². The largest absolute Gasteiger partial charge is 0.393 e. The van der Waals surface area contributed by atoms with Gasteiger partial charge >= 0.3 is 5.69 Å². The Balaban J connectivity index is 2.32. The first-order chi connectivity index (χ1) is 9.11. The fourth-order valence-electron chi connectivity index (χ4n) is 1.85. The van der Waals surface area contributed by atoms with Crippen LogP contribution in [0.5, 0.6) is 0 Å². The third-order valence-corrected chi connectivity index (χ3v) is 2.89. The molecule has 98 valence electrons. The molecule has 19 heavy (non-hydrogen) atoms. The van der Waals surface area contributed by atoms with Gasteiger partial charge in [0.25, 0.3) is 0 Å². The number of benzene rings is 2. The molecule has 3 N–H and O–H groups in total. The van der Waals surface area contributed by atoms with E-state index in [1.165, 1.54) is 11.6 Å². The van der Waals surface area contributed by atoms with Crippen LogP contribution >= 0.6 is 0 Å². The maximum absolute atomic E-state index is 11.0. The molecule has 2 aromatic rings. The topological polar surface area (TPSA) is 81.2 Å². The van der Waals surface area contributed by atoms with E-state index in [1.807, 2.05) is 24.3 Å². The van der Waals surface area contributed by atoms with Gasteiger partial charge in [-0.1, -0.05) is 25.1 Å². The van der Waals surface area contributed by atoms with Gasteiger partial charge in [0.05, 0.1) is 4.92 Å². The van der Waals surface area contributed by atoms with Crippen LogP contribution in [-0.2, 0) is 6.42 Å². The lowest BCUT2D eigenvalue weighted by Crippen LogP contribution is -2.00. The minimum atomic E-state index is -0.474. The number of nitrogens with zero attached hydrogens (tertiary/aromatic N) is 1. The highest BCUT2D eigenvalue weighted by atomic mass is 16.6. The number of para-hydroxylation sites is 1. The smallest absolute Gasteiger partial charge is 0.315 e. The van der Waals surface area contributed by atoms with Crippen LogP contribution in [0.25, 0.3) is 0 Å². The van der Waals surface area contributed by atoms with Crippen LogP contribution in [0.1, 0.15) is 12.5 Å². The summed E-state index contributed by atoms with van der Waals surface area (Å²) in [5.41, 5.74) is 8.11. The first kappa shape index (κ1) is 12.9. The summed E-state index contributed by atoms with van der Waals surface area (Å²) in [6.45, 7) is 2.07. The van der Waals surface area contributed by atoms with E-state index >= 15 is 0 Å². The van der Waals surface area contributed by atoms with Crippen molar-refractivity contribution in [2.24, 2.45) is 0 Å². The van der Waals surface area contributed by atoms with E-state index in [-0.39, 0.29) is 11.4 Å². The monoisotopic (exact) mass is 257 g/mol. The third-order valence-electron chi connectivity index (χ3n) is 2.89. The van der Waals surface area contributed by atoms with E-state index in [4.69, 9.17) is 5.73 Å². The normalized spacial score (nSPS) is 10.2. The number of nitro benzene ring substituents is 1. The number of hydrogen-bond acceptors (Lipinski definition) is 4.